The maximum atomic E-state index is 13.7. The molecule has 3 aliphatic rings. The second kappa shape index (κ2) is 13.0. The first kappa shape index (κ1) is 34.2. The molecule has 0 bridgehead atoms. The van der Waals surface area contributed by atoms with E-state index in [0.717, 1.165) is 16.5 Å². The number of benzene rings is 1. The predicted octanol–water partition coefficient (Wildman–Crippen LogP) is 5.27. The molecule has 1 saturated heterocycles. The number of aliphatic hydroxyl groups is 1. The number of carboxylic acids is 1. The zero-order valence-electron chi connectivity index (χ0n) is 28.5. The number of rotatable bonds is 9. The third-order valence-electron chi connectivity index (χ3n) is 10.6. The summed E-state index contributed by atoms with van der Waals surface area (Å²) in [5.74, 6) is -1.14. The zero-order chi connectivity index (χ0) is 35.2. The highest BCUT2D eigenvalue weighted by Gasteiger charge is 2.44. The van der Waals surface area contributed by atoms with Gasteiger partial charge in [-0.3, -0.25) is 14.4 Å². The number of aromatic nitrogens is 2. The van der Waals surface area contributed by atoms with Gasteiger partial charge in [0, 0.05) is 29.6 Å². The van der Waals surface area contributed by atoms with Crippen LogP contribution in [0.5, 0.6) is 5.75 Å². The summed E-state index contributed by atoms with van der Waals surface area (Å²) >= 11 is 0. The van der Waals surface area contributed by atoms with Crippen molar-refractivity contribution in [3.63, 3.8) is 0 Å². The highest BCUT2D eigenvalue weighted by atomic mass is 16.6. The molecule has 12 nitrogen and oxygen atoms in total. The van der Waals surface area contributed by atoms with Gasteiger partial charge in [0.05, 0.1) is 35.6 Å². The maximum Gasteiger partial charge on any atom is 0.415 e. The molecular weight excluding hydrogens is 630 g/mol. The molecule has 0 spiro atoms. The second-order valence-electron chi connectivity index (χ2n) is 13.4. The van der Waals surface area contributed by atoms with Crippen LogP contribution in [0.2, 0.25) is 0 Å². The number of aryl methyl sites for hydroxylation is 1. The Morgan fingerprint density at radius 2 is 1.88 bits per heavy atom. The summed E-state index contributed by atoms with van der Waals surface area (Å²) in [6, 6.07) is 7.19. The molecule has 2 N–H and O–H groups in total. The van der Waals surface area contributed by atoms with E-state index in [9.17, 15) is 29.4 Å². The Bertz CT molecular complexity index is 1930. The van der Waals surface area contributed by atoms with Crippen LogP contribution >= 0.6 is 0 Å². The van der Waals surface area contributed by atoms with Crippen molar-refractivity contribution in [2.75, 3.05) is 19.7 Å². The largest absolute Gasteiger partial charge is 0.490 e. The molecule has 49 heavy (non-hydrogen) atoms. The van der Waals surface area contributed by atoms with Crippen LogP contribution in [-0.4, -0.2) is 62.4 Å². The van der Waals surface area contributed by atoms with Crippen molar-refractivity contribution in [1.29, 1.82) is 0 Å². The van der Waals surface area contributed by atoms with Crippen molar-refractivity contribution >= 4 is 28.9 Å². The molecule has 0 saturated carbocycles. The highest BCUT2D eigenvalue weighted by Crippen LogP contribution is 2.43. The van der Waals surface area contributed by atoms with Crippen LogP contribution in [0.4, 0.5) is 4.79 Å². The van der Waals surface area contributed by atoms with Gasteiger partial charge in [0.15, 0.2) is 5.41 Å². The summed E-state index contributed by atoms with van der Waals surface area (Å²) < 4.78 is 18.1. The Labute approximate surface area is 284 Å². The minimum absolute atomic E-state index is 0.0496. The van der Waals surface area contributed by atoms with Crippen LogP contribution in [0.3, 0.4) is 0 Å². The average Bonchev–Trinajstić information content (AvgIpc) is 3.46. The van der Waals surface area contributed by atoms with Crippen LogP contribution in [0.25, 0.3) is 22.3 Å². The molecule has 5 heterocycles. The fourth-order valence-corrected chi connectivity index (χ4v) is 7.37. The maximum absolute atomic E-state index is 13.7. The van der Waals surface area contributed by atoms with Gasteiger partial charge >= 0.3 is 18.0 Å². The number of piperidine rings is 1. The standard InChI is InChI=1S/C37H43N3O9/c1-6-24-25-17-23(49-35(45)39-15-12-22(13-16-39)11-14-36(5,33(42)43)34(44)47-8-3)9-10-29(25)38-31-26(24)19-40-30(31)18-28-27(32(40)41)20-48-21(4)37(28,46)7-2/h9-10,17-18,22,46H,4,6-8,11-16,19-20H2,1-3,5H3,(H,42,43). The van der Waals surface area contributed by atoms with E-state index < -0.39 is 29.0 Å². The van der Waals surface area contributed by atoms with Gasteiger partial charge in [-0.05, 0) is 88.1 Å². The molecule has 1 fully saturated rings. The minimum Gasteiger partial charge on any atom is -0.490 e. The molecule has 3 aliphatic heterocycles. The van der Waals surface area contributed by atoms with Gasteiger partial charge in [-0.15, -0.1) is 0 Å². The number of carbonyl (C=O) groups is 3. The Kier molecular flexibility index (Phi) is 9.04. The summed E-state index contributed by atoms with van der Waals surface area (Å²) in [5, 5.41) is 21.9. The number of carboxylic acid groups (broad SMARTS) is 1. The molecule has 2 aromatic heterocycles. The first-order valence-electron chi connectivity index (χ1n) is 17.0. The Hall–Kier alpha value is -4.71. The molecule has 1 amide bonds. The SMILES string of the molecule is C=C1OCc2c(cc3n(c2=O)Cc2c-3nc3ccc(OC(=O)N4CCC(CCC(C)(C(=O)O)C(=O)OCC)CC4)cc3c2CC)C1(O)CC. The molecule has 2 unspecified atom stereocenters. The number of carbonyl (C=O) groups excluding carboxylic acids is 2. The van der Waals surface area contributed by atoms with E-state index in [2.05, 4.69) is 6.58 Å². The molecule has 2 atom stereocenters. The van der Waals surface area contributed by atoms with E-state index in [-0.39, 0.29) is 36.9 Å². The van der Waals surface area contributed by atoms with E-state index in [1.54, 1.807) is 22.5 Å². The molecule has 0 radical (unpaired) electrons. The fourth-order valence-electron chi connectivity index (χ4n) is 7.37. The topological polar surface area (TPSA) is 157 Å². The third kappa shape index (κ3) is 5.75. The minimum atomic E-state index is -1.60. The van der Waals surface area contributed by atoms with Crippen LogP contribution in [0.15, 0.2) is 41.4 Å². The summed E-state index contributed by atoms with van der Waals surface area (Å²) in [6.45, 7) is 12.2. The van der Waals surface area contributed by atoms with Crippen molar-refractivity contribution < 1.29 is 38.8 Å². The van der Waals surface area contributed by atoms with Gasteiger partial charge in [-0.2, -0.15) is 0 Å². The number of pyridine rings is 2. The molecule has 3 aromatic rings. The molecular formula is C37H43N3O9. The van der Waals surface area contributed by atoms with Crippen LogP contribution in [0, 0.1) is 11.3 Å². The fraction of sp³-hybridized carbons (Fsp3) is 0.486. The summed E-state index contributed by atoms with van der Waals surface area (Å²) in [5.41, 5.74) is 1.61. The van der Waals surface area contributed by atoms with Crippen molar-refractivity contribution in [3.8, 4) is 17.1 Å². The summed E-state index contributed by atoms with van der Waals surface area (Å²) in [7, 11) is 0. The van der Waals surface area contributed by atoms with Gasteiger partial charge in [0.1, 0.15) is 23.7 Å². The predicted molar refractivity (Wildman–Crippen MR) is 180 cm³/mol. The normalized spacial score (nSPS) is 19.8. The van der Waals surface area contributed by atoms with Gasteiger partial charge in [0.2, 0.25) is 0 Å². The van der Waals surface area contributed by atoms with Gasteiger partial charge in [0.25, 0.3) is 5.56 Å². The van der Waals surface area contributed by atoms with E-state index >= 15 is 0 Å². The van der Waals surface area contributed by atoms with Crippen LogP contribution in [0.1, 0.15) is 82.1 Å². The second-order valence-corrected chi connectivity index (χ2v) is 13.4. The van der Waals surface area contributed by atoms with Gasteiger partial charge in [-0.1, -0.05) is 20.4 Å². The molecule has 260 valence electrons. The lowest BCUT2D eigenvalue weighted by atomic mass is 9.80. The Morgan fingerprint density at radius 3 is 2.53 bits per heavy atom. The van der Waals surface area contributed by atoms with E-state index in [1.165, 1.54) is 6.92 Å². The number of ether oxygens (including phenoxy) is 3. The lowest BCUT2D eigenvalue weighted by Gasteiger charge is -2.35. The number of esters is 1. The Morgan fingerprint density at radius 1 is 1.14 bits per heavy atom. The zero-order valence-corrected chi connectivity index (χ0v) is 28.5. The van der Waals surface area contributed by atoms with Crippen molar-refractivity contribution in [2.45, 2.75) is 85.0 Å². The number of amides is 1. The van der Waals surface area contributed by atoms with E-state index in [1.807, 2.05) is 32.0 Å². The van der Waals surface area contributed by atoms with Crippen LogP contribution in [-0.2, 0) is 44.2 Å². The van der Waals surface area contributed by atoms with E-state index in [0.29, 0.717) is 85.5 Å². The van der Waals surface area contributed by atoms with Gasteiger partial charge < -0.3 is 33.9 Å². The molecule has 0 aliphatic carbocycles. The van der Waals surface area contributed by atoms with Crippen LogP contribution < -0.4 is 10.3 Å². The van der Waals surface area contributed by atoms with Crippen molar-refractivity contribution in [3.05, 3.63) is 69.2 Å². The third-order valence-corrected chi connectivity index (χ3v) is 10.6. The van der Waals surface area contributed by atoms with Gasteiger partial charge in [-0.25, -0.2) is 9.78 Å². The van der Waals surface area contributed by atoms with E-state index in [4.69, 9.17) is 19.2 Å². The van der Waals surface area contributed by atoms with Crippen molar-refractivity contribution in [1.82, 2.24) is 14.5 Å². The van der Waals surface area contributed by atoms with Crippen molar-refractivity contribution in [2.24, 2.45) is 11.3 Å². The summed E-state index contributed by atoms with van der Waals surface area (Å²) in [6.07, 6.45) is 2.53. The number of nitrogens with zero attached hydrogens (tertiary/aromatic N) is 3. The number of hydrogen-bond acceptors (Lipinski definition) is 9. The molecule has 6 rings (SSSR count). The lowest BCUT2D eigenvalue weighted by Crippen LogP contribution is -2.41. The number of hydrogen-bond donors (Lipinski definition) is 2. The Balaban J connectivity index is 1.18. The average molecular weight is 674 g/mol. The quantitative estimate of drug-likeness (QED) is 0.177. The highest BCUT2D eigenvalue weighted by molar-refractivity contribution is 5.98. The monoisotopic (exact) mass is 673 g/mol. The lowest BCUT2D eigenvalue weighted by molar-refractivity contribution is -0.168. The number of likely N-dealkylation sites (tertiary alicyclic amines) is 1. The number of aliphatic carboxylic acids is 1. The first-order valence-corrected chi connectivity index (χ1v) is 17.0. The smallest absolute Gasteiger partial charge is 0.415 e. The first-order chi connectivity index (χ1) is 23.4. The molecule has 12 heteroatoms. The number of fused-ring (bicyclic) bond motifs is 5. The molecule has 1 aromatic carbocycles. The summed E-state index contributed by atoms with van der Waals surface area (Å²) in [4.78, 5) is 57.7.